The Kier molecular flexibility index (Phi) is 4.53. The lowest BCUT2D eigenvalue weighted by molar-refractivity contribution is -0.136. The van der Waals surface area contributed by atoms with Crippen LogP contribution in [0.5, 0.6) is 0 Å². The van der Waals surface area contributed by atoms with Crippen molar-refractivity contribution in [3.8, 4) is 0 Å². The van der Waals surface area contributed by atoms with E-state index in [1.165, 1.54) is 0 Å². The molecule has 2 atom stereocenters. The number of nitrogens with one attached hydrogen (secondary N) is 2. The molecule has 1 aliphatic heterocycles. The highest BCUT2D eigenvalue weighted by atomic mass is 16.4. The molecule has 4 amide bonds. The molecule has 2 heterocycles. The molecule has 0 radical (unpaired) electrons. The van der Waals surface area contributed by atoms with Crippen LogP contribution in [0, 0.1) is 18.8 Å². The summed E-state index contributed by atoms with van der Waals surface area (Å²) in [6.45, 7) is 5.76. The third-order valence-corrected chi connectivity index (χ3v) is 4.85. The third kappa shape index (κ3) is 3.52. The minimum Gasteiger partial charge on any atom is -0.444 e. The molecule has 2 aliphatic rings. The van der Waals surface area contributed by atoms with E-state index in [9.17, 15) is 14.4 Å². The second-order valence-electron chi connectivity index (χ2n) is 7.40. The van der Waals surface area contributed by atoms with Crippen LogP contribution in [0.25, 0.3) is 0 Å². The van der Waals surface area contributed by atoms with Crippen molar-refractivity contribution in [2.75, 3.05) is 6.54 Å². The van der Waals surface area contributed by atoms with Crippen molar-refractivity contribution in [3.63, 3.8) is 0 Å². The Hall–Kier alpha value is -2.38. The van der Waals surface area contributed by atoms with Gasteiger partial charge in [-0.2, -0.15) is 0 Å². The van der Waals surface area contributed by atoms with Crippen molar-refractivity contribution < 1.29 is 18.8 Å². The van der Waals surface area contributed by atoms with Gasteiger partial charge in [0.15, 0.2) is 0 Å². The zero-order valence-corrected chi connectivity index (χ0v) is 14.8. The molecule has 1 aliphatic carbocycles. The van der Waals surface area contributed by atoms with E-state index in [1.807, 2.05) is 0 Å². The molecule has 2 fully saturated rings. The quantitative estimate of drug-likeness (QED) is 0.799. The summed E-state index contributed by atoms with van der Waals surface area (Å²) >= 11 is 0. The smallest absolute Gasteiger partial charge is 0.325 e. The SMILES string of the molecule is Cc1cnc(CNC(=O)CN2C(=O)NC3(CC(C)CC(C)C3)C2=O)o1. The first-order valence-corrected chi connectivity index (χ1v) is 8.61. The Morgan fingerprint density at radius 3 is 2.68 bits per heavy atom. The number of urea groups is 1. The monoisotopic (exact) mass is 348 g/mol. The van der Waals surface area contributed by atoms with Crippen molar-refractivity contribution in [1.29, 1.82) is 0 Å². The standard InChI is InChI=1S/C17H24N4O4/c1-10-4-11(2)6-17(5-10)15(23)21(16(24)20-17)9-13(22)18-8-14-19-7-12(3)25-14/h7,10-11H,4-6,8-9H2,1-3H3,(H,18,22)(H,20,24). The molecule has 0 aromatic carbocycles. The van der Waals surface area contributed by atoms with Crippen LogP contribution >= 0.6 is 0 Å². The van der Waals surface area contributed by atoms with E-state index in [-0.39, 0.29) is 19.0 Å². The zero-order valence-electron chi connectivity index (χ0n) is 14.8. The molecular weight excluding hydrogens is 324 g/mol. The number of rotatable bonds is 4. The van der Waals surface area contributed by atoms with Crippen molar-refractivity contribution in [2.24, 2.45) is 11.8 Å². The second-order valence-corrected chi connectivity index (χ2v) is 7.40. The van der Waals surface area contributed by atoms with E-state index in [0.29, 0.717) is 36.3 Å². The number of amides is 4. The molecule has 8 nitrogen and oxygen atoms in total. The number of imide groups is 1. The summed E-state index contributed by atoms with van der Waals surface area (Å²) in [5.41, 5.74) is -0.853. The van der Waals surface area contributed by atoms with Crippen LogP contribution in [0.4, 0.5) is 4.79 Å². The van der Waals surface area contributed by atoms with Gasteiger partial charge in [-0.1, -0.05) is 13.8 Å². The summed E-state index contributed by atoms with van der Waals surface area (Å²) in [5, 5.41) is 5.46. The van der Waals surface area contributed by atoms with Gasteiger partial charge in [-0.25, -0.2) is 9.78 Å². The number of hydrogen-bond acceptors (Lipinski definition) is 5. The van der Waals surface area contributed by atoms with Crippen LogP contribution in [0.1, 0.15) is 44.8 Å². The first-order valence-electron chi connectivity index (χ1n) is 8.61. The van der Waals surface area contributed by atoms with Gasteiger partial charge in [-0.15, -0.1) is 0 Å². The maximum Gasteiger partial charge on any atom is 0.325 e. The molecule has 2 N–H and O–H groups in total. The van der Waals surface area contributed by atoms with Crippen LogP contribution in [-0.2, 0) is 16.1 Å². The maximum atomic E-state index is 12.8. The van der Waals surface area contributed by atoms with Crippen LogP contribution in [-0.4, -0.2) is 39.8 Å². The maximum absolute atomic E-state index is 12.8. The average molecular weight is 348 g/mol. The fraction of sp³-hybridized carbons (Fsp3) is 0.647. The molecule has 1 aromatic heterocycles. The van der Waals surface area contributed by atoms with Gasteiger partial charge >= 0.3 is 6.03 Å². The summed E-state index contributed by atoms with van der Waals surface area (Å²) < 4.78 is 5.27. The number of carbonyl (C=O) groups excluding carboxylic acids is 3. The molecule has 2 unspecified atom stereocenters. The van der Waals surface area contributed by atoms with E-state index in [1.54, 1.807) is 13.1 Å². The summed E-state index contributed by atoms with van der Waals surface area (Å²) in [6.07, 6.45) is 3.85. The minimum atomic E-state index is -0.853. The van der Waals surface area contributed by atoms with Crippen LogP contribution in [0.3, 0.4) is 0 Å². The average Bonchev–Trinajstić information content (AvgIpc) is 3.01. The molecular formula is C17H24N4O4. The lowest BCUT2D eigenvalue weighted by Gasteiger charge is -2.37. The number of carbonyl (C=O) groups is 3. The van der Waals surface area contributed by atoms with Gasteiger partial charge in [0.1, 0.15) is 17.8 Å². The number of aromatic nitrogens is 1. The van der Waals surface area contributed by atoms with Crippen LogP contribution in [0.15, 0.2) is 10.6 Å². The fourth-order valence-corrected chi connectivity index (χ4v) is 4.08. The Bertz CT molecular complexity index is 689. The minimum absolute atomic E-state index is 0.121. The van der Waals surface area contributed by atoms with Gasteiger partial charge in [-0.3, -0.25) is 14.5 Å². The lowest BCUT2D eigenvalue weighted by atomic mass is 9.71. The summed E-state index contributed by atoms with van der Waals surface area (Å²) in [4.78, 5) is 42.2. The van der Waals surface area contributed by atoms with Crippen molar-refractivity contribution in [1.82, 2.24) is 20.5 Å². The Morgan fingerprint density at radius 1 is 1.40 bits per heavy atom. The Balaban J connectivity index is 1.61. The van der Waals surface area contributed by atoms with Crippen LogP contribution in [0.2, 0.25) is 0 Å². The molecule has 8 heteroatoms. The number of hydrogen-bond donors (Lipinski definition) is 2. The first kappa shape index (κ1) is 17.4. The van der Waals surface area contributed by atoms with E-state index in [2.05, 4.69) is 29.5 Å². The summed E-state index contributed by atoms with van der Waals surface area (Å²) in [7, 11) is 0. The highest BCUT2D eigenvalue weighted by Crippen LogP contribution is 2.39. The zero-order chi connectivity index (χ0) is 18.2. The number of nitrogens with zero attached hydrogens (tertiary/aromatic N) is 2. The molecule has 25 heavy (non-hydrogen) atoms. The molecule has 136 valence electrons. The molecule has 1 aromatic rings. The van der Waals surface area contributed by atoms with E-state index in [4.69, 9.17) is 4.42 Å². The molecule has 3 rings (SSSR count). The predicted octanol–water partition coefficient (Wildman–Crippen LogP) is 1.35. The van der Waals surface area contributed by atoms with Gasteiger partial charge in [0.05, 0.1) is 12.7 Å². The third-order valence-electron chi connectivity index (χ3n) is 4.85. The summed E-state index contributed by atoms with van der Waals surface area (Å²) in [5.74, 6) is 1.03. The highest BCUT2D eigenvalue weighted by molar-refractivity contribution is 6.09. The molecule has 1 saturated heterocycles. The normalized spacial score (nSPS) is 29.2. The lowest BCUT2D eigenvalue weighted by Crippen LogP contribution is -2.52. The van der Waals surface area contributed by atoms with Gasteiger partial charge in [0.25, 0.3) is 5.91 Å². The van der Waals surface area contributed by atoms with Gasteiger partial charge < -0.3 is 15.1 Å². The predicted molar refractivity (Wildman–Crippen MR) is 88.2 cm³/mol. The number of oxazole rings is 1. The second kappa shape index (κ2) is 6.50. The van der Waals surface area contributed by atoms with Gasteiger partial charge in [0.2, 0.25) is 11.8 Å². The largest absolute Gasteiger partial charge is 0.444 e. The van der Waals surface area contributed by atoms with Crippen molar-refractivity contribution >= 4 is 17.8 Å². The molecule has 1 saturated carbocycles. The van der Waals surface area contributed by atoms with Crippen molar-refractivity contribution in [2.45, 2.75) is 52.1 Å². The molecule has 1 spiro atoms. The van der Waals surface area contributed by atoms with Crippen LogP contribution < -0.4 is 10.6 Å². The van der Waals surface area contributed by atoms with E-state index in [0.717, 1.165) is 11.3 Å². The van der Waals surface area contributed by atoms with Gasteiger partial charge in [-0.05, 0) is 38.0 Å². The van der Waals surface area contributed by atoms with Crippen molar-refractivity contribution in [3.05, 3.63) is 17.8 Å². The topological polar surface area (TPSA) is 105 Å². The van der Waals surface area contributed by atoms with E-state index < -0.39 is 17.5 Å². The molecule has 0 bridgehead atoms. The van der Waals surface area contributed by atoms with E-state index >= 15 is 0 Å². The first-order chi connectivity index (χ1) is 11.8. The summed E-state index contributed by atoms with van der Waals surface area (Å²) in [6, 6.07) is -0.492. The number of aryl methyl sites for hydroxylation is 1. The Labute approximate surface area is 146 Å². The van der Waals surface area contributed by atoms with Gasteiger partial charge in [0, 0.05) is 0 Å². The highest BCUT2D eigenvalue weighted by Gasteiger charge is 2.54. The fourth-order valence-electron chi connectivity index (χ4n) is 4.08. The Morgan fingerprint density at radius 2 is 2.08 bits per heavy atom.